The highest BCUT2D eigenvalue weighted by molar-refractivity contribution is 7.09. The Morgan fingerprint density at radius 3 is 3.08 bits per heavy atom. The van der Waals surface area contributed by atoms with E-state index >= 15 is 0 Å². The Bertz CT molecular complexity index is 271. The summed E-state index contributed by atoms with van der Waals surface area (Å²) in [5.74, 6) is -0.947. The molecule has 1 rings (SSSR count). The molecule has 0 aliphatic heterocycles. The Labute approximate surface area is 73.8 Å². The van der Waals surface area contributed by atoms with Crippen molar-refractivity contribution in [3.63, 3.8) is 0 Å². The second kappa shape index (κ2) is 4.18. The number of aliphatic carboxylic acids is 1. The molecule has 0 aliphatic carbocycles. The van der Waals surface area contributed by atoms with Crippen LogP contribution in [0.15, 0.2) is 5.51 Å². The maximum Gasteiger partial charge on any atom is 0.329 e. The van der Waals surface area contributed by atoms with E-state index in [0.29, 0.717) is 6.61 Å². The van der Waals surface area contributed by atoms with E-state index in [-0.39, 0.29) is 6.61 Å². The molecule has 0 amide bonds. The van der Waals surface area contributed by atoms with Crippen molar-refractivity contribution in [2.24, 2.45) is 0 Å². The highest BCUT2D eigenvalue weighted by Crippen LogP contribution is 2.12. The SMILES string of the molecule is Cc1ncsc1COCC(=O)O. The summed E-state index contributed by atoms with van der Waals surface area (Å²) < 4.78 is 4.89. The molecule has 0 atom stereocenters. The molecule has 0 fully saturated rings. The summed E-state index contributed by atoms with van der Waals surface area (Å²) >= 11 is 1.47. The molecule has 0 aromatic carbocycles. The van der Waals surface area contributed by atoms with E-state index in [1.54, 1.807) is 5.51 Å². The number of rotatable bonds is 4. The average molecular weight is 187 g/mol. The lowest BCUT2D eigenvalue weighted by molar-refractivity contribution is -0.142. The first kappa shape index (κ1) is 9.15. The van der Waals surface area contributed by atoms with E-state index in [4.69, 9.17) is 9.84 Å². The quantitative estimate of drug-likeness (QED) is 0.765. The lowest BCUT2D eigenvalue weighted by Gasteiger charge is -1.97. The van der Waals surface area contributed by atoms with E-state index in [1.807, 2.05) is 6.92 Å². The Morgan fingerprint density at radius 2 is 2.58 bits per heavy atom. The van der Waals surface area contributed by atoms with Crippen molar-refractivity contribution in [2.45, 2.75) is 13.5 Å². The zero-order chi connectivity index (χ0) is 8.97. The van der Waals surface area contributed by atoms with Crippen LogP contribution in [0.5, 0.6) is 0 Å². The van der Waals surface area contributed by atoms with Crippen molar-refractivity contribution in [1.29, 1.82) is 0 Å². The van der Waals surface area contributed by atoms with Gasteiger partial charge in [0.2, 0.25) is 0 Å². The Kier molecular flexibility index (Phi) is 3.19. The molecule has 4 nitrogen and oxygen atoms in total. The molecule has 0 spiro atoms. The number of aromatic nitrogens is 1. The molecule has 5 heteroatoms. The maximum atomic E-state index is 10.1. The topological polar surface area (TPSA) is 59.4 Å². The van der Waals surface area contributed by atoms with Gasteiger partial charge >= 0.3 is 5.97 Å². The fourth-order valence-corrected chi connectivity index (χ4v) is 1.41. The number of nitrogens with zero attached hydrogens (tertiary/aromatic N) is 1. The number of thiazole rings is 1. The summed E-state index contributed by atoms with van der Waals surface area (Å²) in [6.07, 6.45) is 0. The van der Waals surface area contributed by atoms with Crippen molar-refractivity contribution in [1.82, 2.24) is 4.98 Å². The molecule has 0 radical (unpaired) electrons. The number of hydrogen-bond donors (Lipinski definition) is 1. The van der Waals surface area contributed by atoms with E-state index < -0.39 is 5.97 Å². The summed E-state index contributed by atoms with van der Waals surface area (Å²) in [5, 5.41) is 8.27. The van der Waals surface area contributed by atoms with Gasteiger partial charge in [0.05, 0.1) is 22.7 Å². The second-order valence-electron chi connectivity index (χ2n) is 2.25. The van der Waals surface area contributed by atoms with Crippen LogP contribution >= 0.6 is 11.3 Å². The summed E-state index contributed by atoms with van der Waals surface area (Å²) in [6.45, 7) is 1.95. The maximum absolute atomic E-state index is 10.1. The summed E-state index contributed by atoms with van der Waals surface area (Å²) in [7, 11) is 0. The first-order valence-corrected chi connectivity index (χ1v) is 4.26. The normalized spacial score (nSPS) is 10.1. The largest absolute Gasteiger partial charge is 0.480 e. The molecule has 1 heterocycles. The number of aryl methyl sites for hydroxylation is 1. The highest BCUT2D eigenvalue weighted by atomic mass is 32.1. The third-order valence-corrected chi connectivity index (χ3v) is 2.21. The number of carboxylic acids is 1. The Hall–Kier alpha value is -0.940. The third kappa shape index (κ3) is 2.60. The van der Waals surface area contributed by atoms with Crippen LogP contribution < -0.4 is 0 Å². The zero-order valence-electron chi connectivity index (χ0n) is 6.61. The molecule has 1 N–H and O–H groups in total. The van der Waals surface area contributed by atoms with E-state index in [9.17, 15) is 4.79 Å². The molecular formula is C7H9NO3S. The molecule has 0 saturated carbocycles. The van der Waals surface area contributed by atoms with Gasteiger partial charge < -0.3 is 9.84 Å². The van der Waals surface area contributed by atoms with Gasteiger partial charge in [0.25, 0.3) is 0 Å². The van der Waals surface area contributed by atoms with Crippen LogP contribution in [0, 0.1) is 6.92 Å². The molecule has 0 saturated heterocycles. The number of hydrogen-bond acceptors (Lipinski definition) is 4. The van der Waals surface area contributed by atoms with Crippen LogP contribution in [0.25, 0.3) is 0 Å². The number of ether oxygens (including phenoxy) is 1. The van der Waals surface area contributed by atoms with Crippen LogP contribution in [0.1, 0.15) is 10.6 Å². The molecular weight excluding hydrogens is 178 g/mol. The molecule has 1 aromatic rings. The predicted molar refractivity (Wildman–Crippen MR) is 44.1 cm³/mol. The van der Waals surface area contributed by atoms with Gasteiger partial charge in [-0.1, -0.05) is 0 Å². The molecule has 12 heavy (non-hydrogen) atoms. The van der Waals surface area contributed by atoms with E-state index in [0.717, 1.165) is 10.6 Å². The second-order valence-corrected chi connectivity index (χ2v) is 3.19. The van der Waals surface area contributed by atoms with Crippen LogP contribution in [0.2, 0.25) is 0 Å². The van der Waals surface area contributed by atoms with Gasteiger partial charge in [0.1, 0.15) is 6.61 Å². The fraction of sp³-hybridized carbons (Fsp3) is 0.429. The van der Waals surface area contributed by atoms with Crippen LogP contribution in [-0.2, 0) is 16.1 Å². The lowest BCUT2D eigenvalue weighted by atomic mass is 10.4. The van der Waals surface area contributed by atoms with Crippen LogP contribution in [-0.4, -0.2) is 22.7 Å². The van der Waals surface area contributed by atoms with Gasteiger partial charge in [-0.25, -0.2) is 9.78 Å². The predicted octanol–water partition coefficient (Wildman–Crippen LogP) is 1.05. The minimum absolute atomic E-state index is 0.253. The van der Waals surface area contributed by atoms with E-state index in [2.05, 4.69) is 4.98 Å². The molecule has 0 unspecified atom stereocenters. The van der Waals surface area contributed by atoms with Crippen molar-refractivity contribution in [3.8, 4) is 0 Å². The van der Waals surface area contributed by atoms with Gasteiger partial charge in [0.15, 0.2) is 0 Å². The first-order valence-electron chi connectivity index (χ1n) is 3.38. The minimum atomic E-state index is -0.947. The van der Waals surface area contributed by atoms with Crippen molar-refractivity contribution in [3.05, 3.63) is 16.1 Å². The first-order chi connectivity index (χ1) is 5.70. The van der Waals surface area contributed by atoms with E-state index in [1.165, 1.54) is 11.3 Å². The third-order valence-electron chi connectivity index (χ3n) is 1.30. The zero-order valence-corrected chi connectivity index (χ0v) is 7.43. The fourth-order valence-electron chi connectivity index (χ4n) is 0.696. The molecule has 1 aromatic heterocycles. The average Bonchev–Trinajstić information content (AvgIpc) is 2.36. The lowest BCUT2D eigenvalue weighted by Crippen LogP contribution is -2.06. The molecule has 66 valence electrons. The Balaban J connectivity index is 2.33. The Morgan fingerprint density at radius 1 is 1.83 bits per heavy atom. The van der Waals surface area contributed by atoms with Crippen LogP contribution in [0.3, 0.4) is 0 Å². The van der Waals surface area contributed by atoms with Crippen LogP contribution in [0.4, 0.5) is 0 Å². The van der Waals surface area contributed by atoms with Gasteiger partial charge in [-0.2, -0.15) is 0 Å². The molecule has 0 aliphatic rings. The van der Waals surface area contributed by atoms with Gasteiger partial charge in [-0.15, -0.1) is 11.3 Å². The smallest absolute Gasteiger partial charge is 0.329 e. The summed E-state index contributed by atoms with van der Waals surface area (Å²) in [5.41, 5.74) is 2.62. The molecule has 0 bridgehead atoms. The summed E-state index contributed by atoms with van der Waals surface area (Å²) in [4.78, 5) is 15.1. The summed E-state index contributed by atoms with van der Waals surface area (Å²) in [6, 6.07) is 0. The highest BCUT2D eigenvalue weighted by Gasteiger charge is 2.02. The van der Waals surface area contributed by atoms with Crippen molar-refractivity contribution < 1.29 is 14.6 Å². The standard InChI is InChI=1S/C7H9NO3S/c1-5-6(12-4-8-5)2-11-3-7(9)10/h4H,2-3H2,1H3,(H,9,10). The van der Waals surface area contributed by atoms with Crippen molar-refractivity contribution >= 4 is 17.3 Å². The van der Waals surface area contributed by atoms with Gasteiger partial charge in [0, 0.05) is 0 Å². The van der Waals surface area contributed by atoms with Gasteiger partial charge in [-0.3, -0.25) is 0 Å². The minimum Gasteiger partial charge on any atom is -0.480 e. The number of carboxylic acid groups (broad SMARTS) is 1. The van der Waals surface area contributed by atoms with Gasteiger partial charge in [-0.05, 0) is 6.92 Å². The van der Waals surface area contributed by atoms with Crippen molar-refractivity contribution in [2.75, 3.05) is 6.61 Å². The monoisotopic (exact) mass is 187 g/mol. The number of carbonyl (C=O) groups is 1.